The van der Waals surface area contributed by atoms with Gasteiger partial charge in [0.1, 0.15) is 5.60 Å². The molecule has 1 aliphatic carbocycles. The quantitative estimate of drug-likeness (QED) is 0.747. The maximum atomic E-state index is 12.5. The van der Waals surface area contributed by atoms with Crippen molar-refractivity contribution in [2.24, 2.45) is 5.41 Å². The molecule has 6 nitrogen and oxygen atoms in total. The van der Waals surface area contributed by atoms with Crippen LogP contribution in [-0.2, 0) is 14.3 Å². The molecular formula is C22H31NO5. The molecule has 0 saturated heterocycles. The standard InChI is InChI=1S/C22H31NO5/c1-5-27-20(26)22(13-7-6-8-14-22)15-23-18(24)16-9-11-17(12-10-16)19(25)28-21(2,3)4/h9-12H,5-8,13-15H2,1-4H3,(H,23,24). The van der Waals surface area contributed by atoms with E-state index >= 15 is 0 Å². The van der Waals surface area contributed by atoms with E-state index in [-0.39, 0.29) is 18.4 Å². The van der Waals surface area contributed by atoms with E-state index in [4.69, 9.17) is 9.47 Å². The minimum atomic E-state index is -0.639. The normalized spacial score (nSPS) is 16.1. The zero-order chi connectivity index (χ0) is 20.8. The molecule has 6 heteroatoms. The number of hydrogen-bond acceptors (Lipinski definition) is 5. The third kappa shape index (κ3) is 5.81. The predicted octanol–water partition coefficient (Wildman–Crippen LogP) is 3.89. The largest absolute Gasteiger partial charge is 0.466 e. The summed E-state index contributed by atoms with van der Waals surface area (Å²) in [5.74, 6) is -0.928. The van der Waals surface area contributed by atoms with Gasteiger partial charge in [-0.25, -0.2) is 4.79 Å². The van der Waals surface area contributed by atoms with Crippen LogP contribution >= 0.6 is 0 Å². The van der Waals surface area contributed by atoms with Gasteiger partial charge in [0.15, 0.2) is 0 Å². The van der Waals surface area contributed by atoms with Crippen LogP contribution in [0.4, 0.5) is 0 Å². The van der Waals surface area contributed by atoms with Gasteiger partial charge < -0.3 is 14.8 Å². The number of esters is 2. The van der Waals surface area contributed by atoms with Crippen LogP contribution in [0.25, 0.3) is 0 Å². The van der Waals surface area contributed by atoms with Crippen LogP contribution in [0.3, 0.4) is 0 Å². The lowest BCUT2D eigenvalue weighted by Gasteiger charge is -2.34. The summed E-state index contributed by atoms with van der Waals surface area (Å²) in [6, 6.07) is 6.33. The highest BCUT2D eigenvalue weighted by atomic mass is 16.6. The monoisotopic (exact) mass is 389 g/mol. The SMILES string of the molecule is CCOC(=O)C1(CNC(=O)c2ccc(C(=O)OC(C)(C)C)cc2)CCCCC1. The molecule has 2 rings (SSSR count). The fourth-order valence-corrected chi connectivity index (χ4v) is 3.41. The van der Waals surface area contributed by atoms with Crippen molar-refractivity contribution >= 4 is 17.8 Å². The lowest BCUT2D eigenvalue weighted by atomic mass is 9.74. The molecule has 28 heavy (non-hydrogen) atoms. The first-order valence-corrected chi connectivity index (χ1v) is 9.96. The molecule has 1 aromatic rings. The van der Waals surface area contributed by atoms with Crippen LogP contribution in [0.15, 0.2) is 24.3 Å². The van der Waals surface area contributed by atoms with Crippen LogP contribution in [0.1, 0.15) is 80.5 Å². The van der Waals surface area contributed by atoms with Crippen LogP contribution in [0.2, 0.25) is 0 Å². The first-order chi connectivity index (χ1) is 13.2. The Hall–Kier alpha value is -2.37. The summed E-state index contributed by atoms with van der Waals surface area (Å²) in [4.78, 5) is 37.1. The van der Waals surface area contributed by atoms with E-state index in [2.05, 4.69) is 5.32 Å². The predicted molar refractivity (Wildman–Crippen MR) is 106 cm³/mol. The van der Waals surface area contributed by atoms with E-state index in [1.54, 1.807) is 52.0 Å². The van der Waals surface area contributed by atoms with E-state index in [0.29, 0.717) is 17.7 Å². The van der Waals surface area contributed by atoms with Crippen molar-refractivity contribution in [1.29, 1.82) is 0 Å². The van der Waals surface area contributed by atoms with E-state index in [1.165, 1.54) is 0 Å². The van der Waals surface area contributed by atoms with E-state index < -0.39 is 17.0 Å². The molecule has 0 aromatic heterocycles. The fraction of sp³-hybridized carbons (Fsp3) is 0.591. The third-order valence-electron chi connectivity index (χ3n) is 4.89. The van der Waals surface area contributed by atoms with Gasteiger partial charge in [0.2, 0.25) is 0 Å². The molecule has 1 aromatic carbocycles. The number of carbonyl (C=O) groups is 3. The van der Waals surface area contributed by atoms with Crippen LogP contribution in [0, 0.1) is 5.41 Å². The highest BCUT2D eigenvalue weighted by Gasteiger charge is 2.41. The summed E-state index contributed by atoms with van der Waals surface area (Å²) >= 11 is 0. The topological polar surface area (TPSA) is 81.7 Å². The zero-order valence-electron chi connectivity index (χ0n) is 17.3. The van der Waals surface area contributed by atoms with Gasteiger partial charge in [0.05, 0.1) is 17.6 Å². The Bertz CT molecular complexity index is 697. The summed E-state index contributed by atoms with van der Waals surface area (Å²) in [6.07, 6.45) is 4.47. The summed E-state index contributed by atoms with van der Waals surface area (Å²) < 4.78 is 10.6. The third-order valence-corrected chi connectivity index (χ3v) is 4.89. The minimum Gasteiger partial charge on any atom is -0.466 e. The van der Waals surface area contributed by atoms with Crippen LogP contribution < -0.4 is 5.32 Å². The molecule has 0 unspecified atom stereocenters. The molecular weight excluding hydrogens is 358 g/mol. The van der Waals surface area contributed by atoms with Crippen molar-refractivity contribution in [3.05, 3.63) is 35.4 Å². The Morgan fingerprint density at radius 1 is 1.00 bits per heavy atom. The highest BCUT2D eigenvalue weighted by molar-refractivity contribution is 5.96. The second-order valence-corrected chi connectivity index (χ2v) is 8.32. The van der Waals surface area contributed by atoms with Crippen molar-refractivity contribution in [1.82, 2.24) is 5.32 Å². The molecule has 1 N–H and O–H groups in total. The Morgan fingerprint density at radius 3 is 2.11 bits per heavy atom. The Kier molecular flexibility index (Phi) is 7.22. The molecule has 1 aliphatic rings. The lowest BCUT2D eigenvalue weighted by Crippen LogP contribution is -2.45. The maximum Gasteiger partial charge on any atom is 0.338 e. The van der Waals surface area contributed by atoms with Gasteiger partial charge >= 0.3 is 11.9 Å². The highest BCUT2D eigenvalue weighted by Crippen LogP contribution is 2.37. The molecule has 1 fully saturated rings. The number of carbonyl (C=O) groups excluding carboxylic acids is 3. The Morgan fingerprint density at radius 2 is 1.57 bits per heavy atom. The summed E-state index contributed by atoms with van der Waals surface area (Å²) in [5.41, 5.74) is -0.390. The Labute approximate surface area is 167 Å². The molecule has 1 saturated carbocycles. The Balaban J connectivity index is 2.01. The molecule has 0 atom stereocenters. The summed E-state index contributed by atoms with van der Waals surface area (Å²) in [6.45, 7) is 7.80. The number of rotatable bonds is 6. The molecule has 0 bridgehead atoms. The molecule has 0 heterocycles. The number of hydrogen-bond donors (Lipinski definition) is 1. The molecule has 0 radical (unpaired) electrons. The van der Waals surface area contributed by atoms with Gasteiger partial charge in [-0.15, -0.1) is 0 Å². The van der Waals surface area contributed by atoms with Crippen molar-refractivity contribution in [2.75, 3.05) is 13.2 Å². The second-order valence-electron chi connectivity index (χ2n) is 8.32. The van der Waals surface area contributed by atoms with E-state index in [9.17, 15) is 14.4 Å². The first-order valence-electron chi connectivity index (χ1n) is 9.96. The maximum absolute atomic E-state index is 12.5. The molecule has 154 valence electrons. The molecule has 0 spiro atoms. The van der Waals surface area contributed by atoms with Crippen molar-refractivity contribution in [3.63, 3.8) is 0 Å². The smallest absolute Gasteiger partial charge is 0.338 e. The average molecular weight is 389 g/mol. The second kappa shape index (κ2) is 9.22. The number of nitrogens with one attached hydrogen (secondary N) is 1. The zero-order valence-corrected chi connectivity index (χ0v) is 17.3. The van der Waals surface area contributed by atoms with Gasteiger partial charge in [0, 0.05) is 12.1 Å². The first kappa shape index (κ1) is 21.9. The van der Waals surface area contributed by atoms with Gasteiger partial charge in [-0.3, -0.25) is 9.59 Å². The number of benzene rings is 1. The lowest BCUT2D eigenvalue weighted by molar-refractivity contribution is -0.157. The average Bonchev–Trinajstić information content (AvgIpc) is 2.66. The minimum absolute atomic E-state index is 0.227. The van der Waals surface area contributed by atoms with Crippen molar-refractivity contribution in [3.8, 4) is 0 Å². The van der Waals surface area contributed by atoms with E-state index in [0.717, 1.165) is 32.1 Å². The molecule has 1 amide bonds. The van der Waals surface area contributed by atoms with Gasteiger partial charge in [-0.1, -0.05) is 19.3 Å². The van der Waals surface area contributed by atoms with Gasteiger partial charge in [0.25, 0.3) is 5.91 Å². The number of ether oxygens (including phenoxy) is 2. The fourth-order valence-electron chi connectivity index (χ4n) is 3.41. The van der Waals surface area contributed by atoms with Gasteiger partial charge in [-0.05, 0) is 64.8 Å². The van der Waals surface area contributed by atoms with Crippen molar-refractivity contribution < 1.29 is 23.9 Å². The summed E-state index contributed by atoms with van der Waals surface area (Å²) in [5, 5.41) is 2.88. The van der Waals surface area contributed by atoms with Crippen LogP contribution in [0.5, 0.6) is 0 Å². The van der Waals surface area contributed by atoms with Crippen molar-refractivity contribution in [2.45, 2.75) is 65.4 Å². The van der Waals surface area contributed by atoms with Gasteiger partial charge in [-0.2, -0.15) is 0 Å². The van der Waals surface area contributed by atoms with Crippen LogP contribution in [-0.4, -0.2) is 36.6 Å². The number of amides is 1. The summed E-state index contributed by atoms with van der Waals surface area (Å²) in [7, 11) is 0. The molecule has 0 aliphatic heterocycles. The van der Waals surface area contributed by atoms with E-state index in [1.807, 2.05) is 0 Å².